The van der Waals surface area contributed by atoms with Gasteiger partial charge in [-0.2, -0.15) is 0 Å². The molecule has 1 heterocycles. The fourth-order valence-electron chi connectivity index (χ4n) is 1.88. The summed E-state index contributed by atoms with van der Waals surface area (Å²) >= 11 is 0. The number of nitrogens with one attached hydrogen (secondary N) is 2. The summed E-state index contributed by atoms with van der Waals surface area (Å²) in [4.78, 5) is 11.7. The van der Waals surface area contributed by atoms with E-state index in [4.69, 9.17) is 4.42 Å². The molecule has 0 fully saturated rings. The summed E-state index contributed by atoms with van der Waals surface area (Å²) in [5.41, 5.74) is 1.32. The molecule has 0 saturated carbocycles. The second kappa shape index (κ2) is 4.82. The summed E-state index contributed by atoms with van der Waals surface area (Å²) in [6, 6.07) is 7.87. The highest BCUT2D eigenvalue weighted by atomic mass is 16.3. The molecular weight excluding hydrogens is 228 g/mol. The van der Waals surface area contributed by atoms with Gasteiger partial charge in [0.25, 0.3) is 0 Å². The minimum atomic E-state index is -0.604. The molecule has 0 saturated heterocycles. The Kier molecular flexibility index (Phi) is 3.39. The molecule has 0 bridgehead atoms. The summed E-state index contributed by atoms with van der Waals surface area (Å²) in [6.07, 6.45) is 1.73. The number of carbonyl (C=O) groups is 1. The van der Waals surface area contributed by atoms with Crippen LogP contribution in [0, 0.1) is 0 Å². The lowest BCUT2D eigenvalue weighted by molar-refractivity contribution is -0.126. The molecule has 2 rings (SSSR count). The van der Waals surface area contributed by atoms with Crippen molar-refractivity contribution in [2.24, 2.45) is 0 Å². The highest BCUT2D eigenvalue weighted by Crippen LogP contribution is 2.21. The SMILES string of the molecule is CNC(=O)C(C)(C)NCc1coc2ccccc12. The van der Waals surface area contributed by atoms with Crippen LogP contribution in [0.2, 0.25) is 0 Å². The van der Waals surface area contributed by atoms with Crippen LogP contribution in [-0.2, 0) is 11.3 Å². The zero-order valence-electron chi connectivity index (χ0n) is 10.9. The molecule has 4 heteroatoms. The number of carbonyl (C=O) groups excluding carboxylic acids is 1. The third-order valence-corrected chi connectivity index (χ3v) is 3.08. The van der Waals surface area contributed by atoms with Crippen LogP contribution in [0.3, 0.4) is 0 Å². The molecule has 4 nitrogen and oxygen atoms in total. The van der Waals surface area contributed by atoms with Crippen LogP contribution < -0.4 is 10.6 Å². The Morgan fingerprint density at radius 3 is 2.78 bits per heavy atom. The average Bonchev–Trinajstić information content (AvgIpc) is 2.78. The molecule has 18 heavy (non-hydrogen) atoms. The summed E-state index contributed by atoms with van der Waals surface area (Å²) in [5, 5.41) is 6.96. The highest BCUT2D eigenvalue weighted by Gasteiger charge is 2.25. The molecular formula is C14H18N2O2. The van der Waals surface area contributed by atoms with Crippen LogP contribution in [0.15, 0.2) is 34.9 Å². The Morgan fingerprint density at radius 2 is 2.06 bits per heavy atom. The van der Waals surface area contributed by atoms with Crippen molar-refractivity contribution in [3.63, 3.8) is 0 Å². The third kappa shape index (κ3) is 2.38. The Labute approximate surface area is 106 Å². The predicted octanol–water partition coefficient (Wildman–Crippen LogP) is 2.05. The van der Waals surface area contributed by atoms with Gasteiger partial charge in [-0.05, 0) is 19.9 Å². The van der Waals surface area contributed by atoms with E-state index in [0.717, 1.165) is 16.5 Å². The number of likely N-dealkylation sites (N-methyl/N-ethyl adjacent to an activating group) is 1. The number of para-hydroxylation sites is 1. The number of furan rings is 1. The number of amides is 1. The molecule has 1 amide bonds. The van der Waals surface area contributed by atoms with Crippen molar-refractivity contribution in [3.8, 4) is 0 Å². The van der Waals surface area contributed by atoms with Crippen molar-refractivity contribution in [1.29, 1.82) is 0 Å². The van der Waals surface area contributed by atoms with Gasteiger partial charge in [-0.3, -0.25) is 10.1 Å². The third-order valence-electron chi connectivity index (χ3n) is 3.08. The number of rotatable bonds is 4. The molecule has 0 aliphatic rings. The van der Waals surface area contributed by atoms with Crippen LogP contribution in [0.4, 0.5) is 0 Å². The van der Waals surface area contributed by atoms with E-state index in [9.17, 15) is 4.79 Å². The number of hydrogen-bond acceptors (Lipinski definition) is 3. The Morgan fingerprint density at radius 1 is 1.33 bits per heavy atom. The van der Waals surface area contributed by atoms with E-state index < -0.39 is 5.54 Å². The van der Waals surface area contributed by atoms with Crippen molar-refractivity contribution < 1.29 is 9.21 Å². The second-order valence-corrected chi connectivity index (χ2v) is 4.81. The molecule has 0 spiro atoms. The molecule has 0 atom stereocenters. The van der Waals surface area contributed by atoms with Crippen LogP contribution in [0.5, 0.6) is 0 Å². The first-order chi connectivity index (χ1) is 8.54. The standard InChI is InChI=1S/C14H18N2O2/c1-14(2,13(17)15-3)16-8-10-9-18-12-7-5-4-6-11(10)12/h4-7,9,16H,8H2,1-3H3,(H,15,17). The van der Waals surface area contributed by atoms with Gasteiger partial charge in [0.1, 0.15) is 5.58 Å². The minimum Gasteiger partial charge on any atom is -0.464 e. The average molecular weight is 246 g/mol. The molecule has 1 aromatic carbocycles. The van der Waals surface area contributed by atoms with Crippen molar-refractivity contribution in [2.75, 3.05) is 7.05 Å². The molecule has 1 aromatic heterocycles. The van der Waals surface area contributed by atoms with Crippen molar-refractivity contribution in [1.82, 2.24) is 10.6 Å². The topological polar surface area (TPSA) is 54.3 Å². The van der Waals surface area contributed by atoms with Gasteiger partial charge in [-0.15, -0.1) is 0 Å². The van der Waals surface area contributed by atoms with Gasteiger partial charge in [0, 0.05) is 24.5 Å². The smallest absolute Gasteiger partial charge is 0.239 e. The fraction of sp³-hybridized carbons (Fsp3) is 0.357. The summed E-state index contributed by atoms with van der Waals surface area (Å²) < 4.78 is 5.46. The van der Waals surface area contributed by atoms with Gasteiger partial charge in [-0.1, -0.05) is 18.2 Å². The molecule has 0 aliphatic carbocycles. The first kappa shape index (κ1) is 12.6. The minimum absolute atomic E-state index is 0.0321. The van der Waals surface area contributed by atoms with Crippen molar-refractivity contribution in [3.05, 3.63) is 36.1 Å². The molecule has 96 valence electrons. The van der Waals surface area contributed by atoms with E-state index in [1.165, 1.54) is 0 Å². The van der Waals surface area contributed by atoms with E-state index in [1.807, 2.05) is 38.1 Å². The Hall–Kier alpha value is -1.81. The maximum atomic E-state index is 11.7. The number of hydrogen-bond donors (Lipinski definition) is 2. The van der Waals surface area contributed by atoms with E-state index in [2.05, 4.69) is 10.6 Å². The van der Waals surface area contributed by atoms with Crippen LogP contribution in [0.1, 0.15) is 19.4 Å². The van der Waals surface area contributed by atoms with Gasteiger partial charge in [0.05, 0.1) is 11.8 Å². The summed E-state index contributed by atoms with van der Waals surface area (Å²) in [5.74, 6) is -0.0321. The van der Waals surface area contributed by atoms with Crippen molar-refractivity contribution >= 4 is 16.9 Å². The Balaban J connectivity index is 2.13. The maximum absolute atomic E-state index is 11.7. The fourth-order valence-corrected chi connectivity index (χ4v) is 1.88. The van der Waals surface area contributed by atoms with Crippen LogP contribution in [0.25, 0.3) is 11.0 Å². The van der Waals surface area contributed by atoms with E-state index in [-0.39, 0.29) is 5.91 Å². The molecule has 2 N–H and O–H groups in total. The van der Waals surface area contributed by atoms with Gasteiger partial charge < -0.3 is 9.73 Å². The zero-order valence-corrected chi connectivity index (χ0v) is 10.9. The normalized spacial score (nSPS) is 11.7. The highest BCUT2D eigenvalue weighted by molar-refractivity contribution is 5.85. The largest absolute Gasteiger partial charge is 0.464 e. The molecule has 2 aromatic rings. The quantitative estimate of drug-likeness (QED) is 0.868. The molecule has 0 aliphatic heterocycles. The molecule has 0 radical (unpaired) electrons. The Bertz CT molecular complexity index is 558. The lowest BCUT2D eigenvalue weighted by Gasteiger charge is -2.23. The van der Waals surface area contributed by atoms with Gasteiger partial charge >= 0.3 is 0 Å². The predicted molar refractivity (Wildman–Crippen MR) is 71.2 cm³/mol. The van der Waals surface area contributed by atoms with E-state index in [1.54, 1.807) is 13.3 Å². The van der Waals surface area contributed by atoms with Gasteiger partial charge in [0.2, 0.25) is 5.91 Å². The lowest BCUT2D eigenvalue weighted by Crippen LogP contribution is -2.51. The number of fused-ring (bicyclic) bond motifs is 1. The number of benzene rings is 1. The van der Waals surface area contributed by atoms with Crippen molar-refractivity contribution in [2.45, 2.75) is 25.9 Å². The van der Waals surface area contributed by atoms with E-state index in [0.29, 0.717) is 6.54 Å². The van der Waals surface area contributed by atoms with Crippen LogP contribution >= 0.6 is 0 Å². The molecule has 0 unspecified atom stereocenters. The first-order valence-electron chi connectivity index (χ1n) is 5.97. The maximum Gasteiger partial charge on any atom is 0.239 e. The van der Waals surface area contributed by atoms with Crippen LogP contribution in [-0.4, -0.2) is 18.5 Å². The summed E-state index contributed by atoms with van der Waals surface area (Å²) in [6.45, 7) is 4.31. The zero-order chi connectivity index (χ0) is 13.2. The van der Waals surface area contributed by atoms with Gasteiger partial charge in [0.15, 0.2) is 0 Å². The monoisotopic (exact) mass is 246 g/mol. The second-order valence-electron chi connectivity index (χ2n) is 4.81. The van der Waals surface area contributed by atoms with E-state index >= 15 is 0 Å². The summed E-state index contributed by atoms with van der Waals surface area (Å²) in [7, 11) is 1.64. The first-order valence-corrected chi connectivity index (χ1v) is 5.97. The lowest BCUT2D eigenvalue weighted by atomic mass is 10.0. The van der Waals surface area contributed by atoms with Gasteiger partial charge in [-0.25, -0.2) is 0 Å².